The summed E-state index contributed by atoms with van der Waals surface area (Å²) in [5, 5.41) is 3.68. The third-order valence-corrected chi connectivity index (χ3v) is 0.303. The molecule has 2 heteroatoms. The molecule has 0 spiro atoms. The highest BCUT2D eigenvalue weighted by atomic mass is 15.3. The Kier molecular flexibility index (Phi) is 2.46. The molecular formula is C4H9N2. The van der Waals surface area contributed by atoms with Crippen LogP contribution < -0.4 is 5.43 Å². The van der Waals surface area contributed by atoms with Gasteiger partial charge in [-0.25, -0.2) is 0 Å². The number of hydrogen-bond acceptors (Lipinski definition) is 2. The van der Waals surface area contributed by atoms with Crippen molar-refractivity contribution in [2.75, 3.05) is 7.05 Å². The molecule has 35 valence electrons. The van der Waals surface area contributed by atoms with Crippen LogP contribution >= 0.6 is 0 Å². The zero-order chi connectivity index (χ0) is 4.99. The summed E-state index contributed by atoms with van der Waals surface area (Å²) in [5.74, 6) is 0. The predicted molar refractivity (Wildman–Crippen MR) is 27.5 cm³/mol. The molecule has 6 heavy (non-hydrogen) atoms. The highest BCUT2D eigenvalue weighted by Crippen LogP contribution is 1.62. The molecule has 0 bridgehead atoms. The molecule has 0 aliphatic carbocycles. The first-order valence-corrected chi connectivity index (χ1v) is 1.80. The van der Waals surface area contributed by atoms with Gasteiger partial charge in [0, 0.05) is 12.8 Å². The SMILES string of the molecule is [CH2]/C(C)=N/NC. The van der Waals surface area contributed by atoms with Crippen molar-refractivity contribution >= 4 is 5.71 Å². The van der Waals surface area contributed by atoms with E-state index in [4.69, 9.17) is 0 Å². The fraction of sp³-hybridized carbons (Fsp3) is 0.500. The average molecular weight is 85.1 g/mol. The molecule has 0 saturated heterocycles. The number of rotatable bonds is 1. The van der Waals surface area contributed by atoms with E-state index in [2.05, 4.69) is 17.5 Å². The Morgan fingerprint density at radius 3 is 2.33 bits per heavy atom. The van der Waals surface area contributed by atoms with Crippen LogP contribution in [-0.4, -0.2) is 12.8 Å². The highest BCUT2D eigenvalue weighted by molar-refractivity contribution is 5.85. The van der Waals surface area contributed by atoms with E-state index in [-0.39, 0.29) is 0 Å². The lowest BCUT2D eigenvalue weighted by Crippen LogP contribution is -1.96. The Balaban J connectivity index is 3.14. The average Bonchev–Trinajstić information content (AvgIpc) is 1.35. The van der Waals surface area contributed by atoms with Gasteiger partial charge in [0.1, 0.15) is 0 Å². The van der Waals surface area contributed by atoms with Gasteiger partial charge in [0.15, 0.2) is 0 Å². The number of hydrogen-bond donors (Lipinski definition) is 1. The Bertz CT molecular complexity index is 52.6. The van der Waals surface area contributed by atoms with Crippen molar-refractivity contribution in [3.05, 3.63) is 6.92 Å². The predicted octanol–water partition coefficient (Wildman–Crippen LogP) is 0.416. The maximum Gasteiger partial charge on any atom is 0.0351 e. The molecule has 0 saturated carbocycles. The molecule has 1 N–H and O–H groups in total. The Morgan fingerprint density at radius 2 is 2.33 bits per heavy atom. The first-order valence-electron chi connectivity index (χ1n) is 1.80. The molecule has 0 heterocycles. The lowest BCUT2D eigenvalue weighted by Gasteiger charge is -1.84. The van der Waals surface area contributed by atoms with Crippen molar-refractivity contribution in [2.24, 2.45) is 5.10 Å². The first-order chi connectivity index (χ1) is 2.77. The van der Waals surface area contributed by atoms with Crippen LogP contribution in [0.3, 0.4) is 0 Å². The molecular weight excluding hydrogens is 76.1 g/mol. The minimum atomic E-state index is 0.803. The van der Waals surface area contributed by atoms with Gasteiger partial charge in [0.25, 0.3) is 0 Å². The lowest BCUT2D eigenvalue weighted by atomic mass is 10.5. The Morgan fingerprint density at radius 1 is 1.83 bits per heavy atom. The molecule has 0 aromatic carbocycles. The van der Waals surface area contributed by atoms with Crippen LogP contribution in [-0.2, 0) is 0 Å². The van der Waals surface area contributed by atoms with Crippen LogP contribution in [0.15, 0.2) is 5.10 Å². The van der Waals surface area contributed by atoms with Crippen molar-refractivity contribution in [3.63, 3.8) is 0 Å². The van der Waals surface area contributed by atoms with E-state index in [1.165, 1.54) is 0 Å². The van der Waals surface area contributed by atoms with Crippen LogP contribution in [0.4, 0.5) is 0 Å². The second-order valence-corrected chi connectivity index (χ2v) is 1.07. The third kappa shape index (κ3) is 3.47. The van der Waals surface area contributed by atoms with Gasteiger partial charge in [-0.05, 0) is 13.8 Å². The molecule has 0 aliphatic rings. The van der Waals surface area contributed by atoms with Gasteiger partial charge in [-0.2, -0.15) is 5.10 Å². The monoisotopic (exact) mass is 85.1 g/mol. The van der Waals surface area contributed by atoms with E-state index in [9.17, 15) is 0 Å². The Labute approximate surface area is 38.2 Å². The molecule has 0 atom stereocenters. The summed E-state index contributed by atoms with van der Waals surface area (Å²) in [4.78, 5) is 0. The molecule has 0 fully saturated rings. The van der Waals surface area contributed by atoms with Crippen LogP contribution in [0.2, 0.25) is 0 Å². The van der Waals surface area contributed by atoms with E-state index in [0.717, 1.165) is 5.71 Å². The quantitative estimate of drug-likeness (QED) is 0.362. The summed E-state index contributed by atoms with van der Waals surface area (Å²) in [5.41, 5.74) is 3.40. The fourth-order valence-corrected chi connectivity index (χ4v) is 0.191. The van der Waals surface area contributed by atoms with Crippen LogP contribution in [0, 0.1) is 6.92 Å². The van der Waals surface area contributed by atoms with Gasteiger partial charge < -0.3 is 5.43 Å². The molecule has 0 aromatic rings. The standard InChI is InChI=1S/C4H9N2/c1-4(2)6-5-3/h5H,1H2,2-3H3/b6-4-. The number of hydrazone groups is 1. The summed E-state index contributed by atoms with van der Waals surface area (Å²) in [6.07, 6.45) is 0. The van der Waals surface area contributed by atoms with Crippen LogP contribution in [0.25, 0.3) is 0 Å². The molecule has 0 rings (SSSR count). The minimum absolute atomic E-state index is 0.803. The van der Waals surface area contributed by atoms with Crippen LogP contribution in [0.1, 0.15) is 6.92 Å². The van der Waals surface area contributed by atoms with E-state index in [1.54, 1.807) is 7.05 Å². The van der Waals surface area contributed by atoms with Crippen molar-refractivity contribution in [3.8, 4) is 0 Å². The largest absolute Gasteiger partial charge is 0.313 e. The fourth-order valence-electron chi connectivity index (χ4n) is 0.191. The zero-order valence-corrected chi connectivity index (χ0v) is 4.15. The Hall–Kier alpha value is -0.530. The first kappa shape index (κ1) is 5.47. The van der Waals surface area contributed by atoms with Crippen molar-refractivity contribution < 1.29 is 0 Å². The van der Waals surface area contributed by atoms with Crippen molar-refractivity contribution in [1.29, 1.82) is 0 Å². The molecule has 1 radical (unpaired) electrons. The van der Waals surface area contributed by atoms with E-state index in [0.29, 0.717) is 0 Å². The lowest BCUT2D eigenvalue weighted by molar-refractivity contribution is 0.901. The minimum Gasteiger partial charge on any atom is -0.313 e. The highest BCUT2D eigenvalue weighted by Gasteiger charge is 1.67. The van der Waals surface area contributed by atoms with E-state index < -0.39 is 0 Å². The van der Waals surface area contributed by atoms with Gasteiger partial charge in [0.2, 0.25) is 0 Å². The second kappa shape index (κ2) is 2.69. The smallest absolute Gasteiger partial charge is 0.0351 e. The maximum atomic E-state index is 3.68. The normalized spacial score (nSPS) is 11.5. The van der Waals surface area contributed by atoms with E-state index >= 15 is 0 Å². The van der Waals surface area contributed by atoms with Gasteiger partial charge in [-0.1, -0.05) is 0 Å². The van der Waals surface area contributed by atoms with Gasteiger partial charge in [-0.15, -0.1) is 0 Å². The van der Waals surface area contributed by atoms with Gasteiger partial charge >= 0.3 is 0 Å². The molecule has 2 nitrogen and oxygen atoms in total. The number of nitrogens with one attached hydrogen (secondary N) is 1. The van der Waals surface area contributed by atoms with Crippen LogP contribution in [0.5, 0.6) is 0 Å². The molecule has 0 amide bonds. The van der Waals surface area contributed by atoms with Gasteiger partial charge in [0.05, 0.1) is 0 Å². The summed E-state index contributed by atoms with van der Waals surface area (Å²) in [6.45, 7) is 5.35. The molecule has 0 aromatic heterocycles. The molecule has 0 aliphatic heterocycles. The second-order valence-electron chi connectivity index (χ2n) is 1.07. The third-order valence-electron chi connectivity index (χ3n) is 0.303. The van der Waals surface area contributed by atoms with Crippen molar-refractivity contribution in [2.45, 2.75) is 6.92 Å². The summed E-state index contributed by atoms with van der Waals surface area (Å²) < 4.78 is 0. The molecule has 0 unspecified atom stereocenters. The number of nitrogens with zero attached hydrogens (tertiary/aromatic N) is 1. The maximum absolute atomic E-state index is 3.68. The van der Waals surface area contributed by atoms with E-state index in [1.807, 2.05) is 6.92 Å². The van der Waals surface area contributed by atoms with Gasteiger partial charge in [-0.3, -0.25) is 0 Å². The summed E-state index contributed by atoms with van der Waals surface area (Å²) in [6, 6.07) is 0. The zero-order valence-electron chi connectivity index (χ0n) is 4.15. The summed E-state index contributed by atoms with van der Waals surface area (Å²) >= 11 is 0. The summed E-state index contributed by atoms with van der Waals surface area (Å²) in [7, 11) is 1.74. The van der Waals surface area contributed by atoms with Crippen molar-refractivity contribution in [1.82, 2.24) is 5.43 Å². The topological polar surface area (TPSA) is 24.4 Å².